The van der Waals surface area contributed by atoms with Crippen LogP contribution in [0.15, 0.2) is 77.7 Å². The number of carbonyl (C=O) groups is 1. The van der Waals surface area contributed by atoms with E-state index in [0.29, 0.717) is 22.4 Å². The highest BCUT2D eigenvalue weighted by molar-refractivity contribution is 8.14. The number of allylic oxidation sites excluding steroid dienone is 1. The Bertz CT molecular complexity index is 1720. The molecule has 4 aromatic rings. The number of nitrogens with one attached hydrogen (secondary N) is 1. The van der Waals surface area contributed by atoms with Crippen LogP contribution in [0.1, 0.15) is 42.5 Å². The second kappa shape index (κ2) is 13.2. The molecule has 0 saturated carbocycles. The number of amidine groups is 1. The Labute approximate surface area is 264 Å². The zero-order chi connectivity index (χ0) is 32.3. The first-order chi connectivity index (χ1) is 21.4. The lowest BCUT2D eigenvalue weighted by Crippen LogP contribution is -2.43. The van der Waals surface area contributed by atoms with Crippen LogP contribution in [0.3, 0.4) is 0 Å². The molecular formula is C33H33F3N6O2S. The van der Waals surface area contributed by atoms with Crippen LogP contribution in [0.25, 0.3) is 23.2 Å². The Balaban J connectivity index is 1.25. The number of urea groups is 1. The Kier molecular flexibility index (Phi) is 9.33. The number of aromatic nitrogens is 3. The van der Waals surface area contributed by atoms with Crippen molar-refractivity contribution < 1.29 is 22.7 Å². The van der Waals surface area contributed by atoms with Gasteiger partial charge in [-0.25, -0.2) is 14.5 Å². The Morgan fingerprint density at radius 3 is 2.38 bits per heavy atom. The maximum Gasteiger partial charge on any atom is 0.573 e. The Hall–Kier alpha value is -4.58. The van der Waals surface area contributed by atoms with Crippen LogP contribution in [0.5, 0.6) is 5.75 Å². The van der Waals surface area contributed by atoms with Gasteiger partial charge in [0.1, 0.15) is 12.1 Å². The van der Waals surface area contributed by atoms with Gasteiger partial charge in [0, 0.05) is 28.7 Å². The normalized spacial score (nSPS) is 16.6. The molecule has 2 heterocycles. The summed E-state index contributed by atoms with van der Waals surface area (Å²) in [5.41, 5.74) is 7.40. The molecule has 45 heavy (non-hydrogen) atoms. The van der Waals surface area contributed by atoms with Gasteiger partial charge in [0.25, 0.3) is 0 Å². The summed E-state index contributed by atoms with van der Waals surface area (Å²) in [4.78, 5) is 24.0. The van der Waals surface area contributed by atoms with Gasteiger partial charge in [-0.3, -0.25) is 0 Å². The molecule has 5 rings (SSSR count). The molecule has 1 N–H and O–H groups in total. The van der Waals surface area contributed by atoms with Gasteiger partial charge in [-0.15, -0.1) is 18.3 Å². The average Bonchev–Trinajstić information content (AvgIpc) is 3.44. The number of carbonyl (C=O) groups excluding carboxylic acids is 1. The number of hydrogen-bond donors (Lipinski definition) is 1. The van der Waals surface area contributed by atoms with E-state index in [9.17, 15) is 18.0 Å². The zero-order valence-corrected chi connectivity index (χ0v) is 26.3. The highest BCUT2D eigenvalue weighted by Crippen LogP contribution is 2.34. The van der Waals surface area contributed by atoms with Crippen molar-refractivity contribution in [3.63, 3.8) is 0 Å². The molecule has 1 saturated heterocycles. The molecule has 0 aliphatic carbocycles. The van der Waals surface area contributed by atoms with Crippen molar-refractivity contribution in [2.45, 2.75) is 53.4 Å². The number of rotatable bonds is 6. The van der Waals surface area contributed by atoms with Crippen LogP contribution < -0.4 is 15.0 Å². The molecular weight excluding hydrogens is 601 g/mol. The fourth-order valence-corrected chi connectivity index (χ4v) is 6.48. The average molecular weight is 635 g/mol. The summed E-state index contributed by atoms with van der Waals surface area (Å²) in [6.45, 7) is 10.2. The van der Waals surface area contributed by atoms with Crippen LogP contribution in [0, 0.1) is 20.8 Å². The largest absolute Gasteiger partial charge is 0.573 e. The third kappa shape index (κ3) is 7.93. The summed E-state index contributed by atoms with van der Waals surface area (Å²) >= 11 is 1.59. The van der Waals surface area contributed by atoms with E-state index in [-0.39, 0.29) is 11.8 Å². The van der Waals surface area contributed by atoms with Crippen molar-refractivity contribution in [1.29, 1.82) is 0 Å². The van der Waals surface area contributed by atoms with Gasteiger partial charge in [-0.1, -0.05) is 53.7 Å². The number of hydrogen-bond acceptors (Lipinski definition) is 5. The van der Waals surface area contributed by atoms with Gasteiger partial charge >= 0.3 is 12.4 Å². The second-order valence-corrected chi connectivity index (χ2v) is 12.0. The third-order valence-electron chi connectivity index (χ3n) is 7.17. The molecule has 1 atom stereocenters. The number of ether oxygens (including phenoxy) is 1. The van der Waals surface area contributed by atoms with Crippen LogP contribution in [-0.4, -0.2) is 44.1 Å². The van der Waals surface area contributed by atoms with E-state index in [1.54, 1.807) is 11.8 Å². The fraction of sp³-hybridized carbons (Fsp3) is 0.273. The lowest BCUT2D eigenvalue weighted by Gasteiger charge is -2.37. The summed E-state index contributed by atoms with van der Waals surface area (Å²) in [5.74, 6) is 1.03. The number of anilines is 1. The molecule has 8 nitrogen and oxygen atoms in total. The summed E-state index contributed by atoms with van der Waals surface area (Å²) in [5, 5.41) is 8.01. The minimum Gasteiger partial charge on any atom is -0.406 e. The predicted molar refractivity (Wildman–Crippen MR) is 173 cm³/mol. The van der Waals surface area contributed by atoms with Gasteiger partial charge in [-0.2, -0.15) is 4.99 Å². The van der Waals surface area contributed by atoms with E-state index in [1.165, 1.54) is 40.8 Å². The molecule has 1 fully saturated rings. The maximum absolute atomic E-state index is 13.0. The second-order valence-electron chi connectivity index (χ2n) is 10.9. The number of amides is 2. The molecule has 0 bridgehead atoms. The SMILES string of the molecule is C/C(=C\c1ccc(-c2ncn(-c3ccc(OC(F)(F)F)cc3)n2)cc1)NC(=O)/N=C1\SCCC(C)N1c1c(C)cc(C)cc1C. The molecule has 2 amide bonds. The third-order valence-corrected chi connectivity index (χ3v) is 8.16. The van der Waals surface area contributed by atoms with Crippen molar-refractivity contribution in [2.24, 2.45) is 4.99 Å². The highest BCUT2D eigenvalue weighted by atomic mass is 32.2. The van der Waals surface area contributed by atoms with E-state index in [0.717, 1.165) is 40.1 Å². The van der Waals surface area contributed by atoms with Crippen LogP contribution in [-0.2, 0) is 0 Å². The number of aryl methyl sites for hydroxylation is 3. The lowest BCUT2D eigenvalue weighted by atomic mass is 10.0. The van der Waals surface area contributed by atoms with Crippen molar-refractivity contribution in [2.75, 3.05) is 10.7 Å². The topological polar surface area (TPSA) is 84.6 Å². The van der Waals surface area contributed by atoms with Gasteiger partial charge in [0.15, 0.2) is 11.0 Å². The molecule has 0 spiro atoms. The molecule has 234 valence electrons. The van der Waals surface area contributed by atoms with Crippen LogP contribution in [0.2, 0.25) is 0 Å². The van der Waals surface area contributed by atoms with Crippen molar-refractivity contribution in [3.8, 4) is 22.8 Å². The molecule has 1 aromatic heterocycles. The number of alkyl halides is 3. The van der Waals surface area contributed by atoms with E-state index >= 15 is 0 Å². The summed E-state index contributed by atoms with van der Waals surface area (Å²) in [6, 6.07) is 16.9. The zero-order valence-electron chi connectivity index (χ0n) is 25.5. The number of nitrogens with zero attached hydrogens (tertiary/aromatic N) is 5. The van der Waals surface area contributed by atoms with Crippen LogP contribution >= 0.6 is 11.8 Å². The van der Waals surface area contributed by atoms with Crippen molar-refractivity contribution >= 4 is 34.7 Å². The smallest absolute Gasteiger partial charge is 0.406 e. The van der Waals surface area contributed by atoms with Crippen LogP contribution in [0.4, 0.5) is 23.7 Å². The number of benzene rings is 3. The van der Waals surface area contributed by atoms with E-state index in [4.69, 9.17) is 0 Å². The first-order valence-electron chi connectivity index (χ1n) is 14.3. The first kappa shape index (κ1) is 31.8. The summed E-state index contributed by atoms with van der Waals surface area (Å²) < 4.78 is 42.7. The Morgan fingerprint density at radius 1 is 1.07 bits per heavy atom. The van der Waals surface area contributed by atoms with Gasteiger partial charge in [-0.05, 0) is 88.1 Å². The van der Waals surface area contributed by atoms with E-state index in [2.05, 4.69) is 69.9 Å². The summed E-state index contributed by atoms with van der Waals surface area (Å²) in [6.07, 6.45) is -0.424. The quantitative estimate of drug-likeness (QED) is 0.230. The molecule has 0 radical (unpaired) electrons. The fourth-order valence-electron chi connectivity index (χ4n) is 5.28. The van der Waals surface area contributed by atoms with Gasteiger partial charge in [0.2, 0.25) is 0 Å². The summed E-state index contributed by atoms with van der Waals surface area (Å²) in [7, 11) is 0. The number of thioether (sulfide) groups is 1. The lowest BCUT2D eigenvalue weighted by molar-refractivity contribution is -0.274. The van der Waals surface area contributed by atoms with Crippen molar-refractivity contribution in [1.82, 2.24) is 20.1 Å². The van der Waals surface area contributed by atoms with Gasteiger partial charge < -0.3 is 15.0 Å². The highest BCUT2D eigenvalue weighted by Gasteiger charge is 2.31. The number of halogens is 3. The molecule has 3 aromatic carbocycles. The van der Waals surface area contributed by atoms with Gasteiger partial charge in [0.05, 0.1) is 5.69 Å². The Morgan fingerprint density at radius 2 is 1.73 bits per heavy atom. The van der Waals surface area contributed by atoms with E-state index in [1.807, 2.05) is 37.3 Å². The predicted octanol–water partition coefficient (Wildman–Crippen LogP) is 8.22. The standard InChI is InChI=1S/C33H33F3N6O2S/c1-20-16-21(2)29(22(3)17-20)42-24(5)14-15-45-32(42)39-31(43)38-23(4)18-25-6-8-26(9-7-25)30-37-19-41(40-30)27-10-12-28(13-11-27)44-33(34,35)36/h6-13,16-19,24H,14-15H2,1-5H3,(H,38,43)/b23-18+,39-32-. The monoisotopic (exact) mass is 634 g/mol. The first-order valence-corrected chi connectivity index (χ1v) is 15.3. The molecule has 1 unspecified atom stereocenters. The molecule has 1 aliphatic heterocycles. The molecule has 12 heteroatoms. The van der Waals surface area contributed by atoms with E-state index < -0.39 is 12.4 Å². The van der Waals surface area contributed by atoms with Crippen molar-refractivity contribution in [3.05, 3.63) is 94.9 Å². The number of aliphatic imine (C=N–C) groups is 1. The minimum absolute atomic E-state index is 0.215. The maximum atomic E-state index is 13.0. The molecule has 1 aliphatic rings. The minimum atomic E-state index is -4.75.